The average Bonchev–Trinajstić information content (AvgIpc) is 2.58. The van der Waals surface area contributed by atoms with Crippen LogP contribution in [0.4, 0.5) is 13.2 Å². The normalized spacial score (nSPS) is 11.8. The van der Waals surface area contributed by atoms with Gasteiger partial charge in [0.1, 0.15) is 0 Å². The maximum absolute atomic E-state index is 12.3. The zero-order chi connectivity index (χ0) is 12.6. The number of alkyl halides is 3. The Morgan fingerprint density at radius 1 is 1.18 bits per heavy atom. The Kier molecular flexibility index (Phi) is 2.57. The lowest BCUT2D eigenvalue weighted by molar-refractivity contribution is -0.137. The second kappa shape index (κ2) is 3.80. The van der Waals surface area contributed by atoms with Gasteiger partial charge in [0.05, 0.1) is 11.3 Å². The number of aromatic hydroxyl groups is 1. The number of aromatic nitrogens is 2. The Bertz CT molecular complexity index is 509. The van der Waals surface area contributed by atoms with Gasteiger partial charge in [-0.15, -0.1) is 0 Å². The molecule has 2 rings (SSSR count). The molecule has 0 radical (unpaired) electrons. The van der Waals surface area contributed by atoms with E-state index in [1.165, 1.54) is 22.9 Å². The van der Waals surface area contributed by atoms with Crippen molar-refractivity contribution in [3.05, 3.63) is 35.9 Å². The molecule has 1 aromatic carbocycles. The monoisotopic (exact) mass is 242 g/mol. The molecule has 0 aliphatic heterocycles. The zero-order valence-electron chi connectivity index (χ0n) is 8.86. The maximum atomic E-state index is 12.3. The van der Waals surface area contributed by atoms with Gasteiger partial charge >= 0.3 is 6.18 Å². The van der Waals surface area contributed by atoms with Gasteiger partial charge in [0.25, 0.3) is 0 Å². The van der Waals surface area contributed by atoms with Crippen LogP contribution in [0.1, 0.15) is 5.56 Å². The fraction of sp³-hybridized carbons (Fsp3) is 0.182. The van der Waals surface area contributed by atoms with Gasteiger partial charge < -0.3 is 5.11 Å². The molecule has 0 unspecified atom stereocenters. The molecular weight excluding hydrogens is 233 g/mol. The summed E-state index contributed by atoms with van der Waals surface area (Å²) in [5, 5.41) is 13.3. The van der Waals surface area contributed by atoms with Crippen LogP contribution in [0.25, 0.3) is 11.3 Å². The lowest BCUT2D eigenvalue weighted by Crippen LogP contribution is -2.04. The van der Waals surface area contributed by atoms with Gasteiger partial charge in [-0.1, -0.05) is 12.1 Å². The molecule has 1 aromatic heterocycles. The highest BCUT2D eigenvalue weighted by Crippen LogP contribution is 2.31. The Labute approximate surface area is 95.1 Å². The first-order chi connectivity index (χ1) is 7.88. The lowest BCUT2D eigenvalue weighted by atomic mass is 10.1. The summed E-state index contributed by atoms with van der Waals surface area (Å²) in [7, 11) is 1.54. The summed E-state index contributed by atoms with van der Waals surface area (Å²) in [5.74, 6) is -0.0418. The topological polar surface area (TPSA) is 38.0 Å². The molecule has 6 heteroatoms. The van der Waals surface area contributed by atoms with Crippen LogP contribution in [0, 0.1) is 0 Å². The summed E-state index contributed by atoms with van der Waals surface area (Å²) < 4.78 is 38.2. The van der Waals surface area contributed by atoms with E-state index < -0.39 is 11.7 Å². The van der Waals surface area contributed by atoms with Gasteiger partial charge in [0, 0.05) is 18.7 Å². The molecule has 1 N–H and O–H groups in total. The molecule has 0 atom stereocenters. The smallest absolute Gasteiger partial charge is 0.416 e. The number of rotatable bonds is 1. The molecular formula is C11H9F3N2O. The Morgan fingerprint density at radius 3 is 2.18 bits per heavy atom. The fourth-order valence-corrected chi connectivity index (χ4v) is 1.43. The number of hydrogen-bond donors (Lipinski definition) is 1. The lowest BCUT2D eigenvalue weighted by Gasteiger charge is -2.06. The first-order valence-corrected chi connectivity index (χ1v) is 4.78. The molecule has 0 bridgehead atoms. The molecule has 17 heavy (non-hydrogen) atoms. The zero-order valence-corrected chi connectivity index (χ0v) is 8.86. The summed E-state index contributed by atoms with van der Waals surface area (Å²) >= 11 is 0. The first-order valence-electron chi connectivity index (χ1n) is 4.78. The molecule has 3 nitrogen and oxygen atoms in total. The molecule has 2 aromatic rings. The quantitative estimate of drug-likeness (QED) is 0.835. The van der Waals surface area contributed by atoms with Crippen molar-refractivity contribution in [1.82, 2.24) is 9.78 Å². The molecule has 0 aliphatic carbocycles. The molecule has 1 heterocycles. The Balaban J connectivity index is 2.36. The van der Waals surface area contributed by atoms with Gasteiger partial charge in [-0.3, -0.25) is 0 Å². The number of halogens is 3. The van der Waals surface area contributed by atoms with Crippen LogP contribution >= 0.6 is 0 Å². The molecule has 0 saturated carbocycles. The van der Waals surface area contributed by atoms with E-state index in [9.17, 15) is 18.3 Å². The third-order valence-corrected chi connectivity index (χ3v) is 2.36. The average molecular weight is 242 g/mol. The van der Waals surface area contributed by atoms with E-state index in [0.717, 1.165) is 12.1 Å². The summed E-state index contributed by atoms with van der Waals surface area (Å²) in [4.78, 5) is 0. The first kappa shape index (κ1) is 11.5. The number of aryl methyl sites for hydroxylation is 1. The second-order valence-electron chi connectivity index (χ2n) is 3.59. The van der Waals surface area contributed by atoms with Gasteiger partial charge in [-0.2, -0.15) is 18.3 Å². The van der Waals surface area contributed by atoms with E-state index in [4.69, 9.17) is 0 Å². The molecule has 0 aliphatic rings. The van der Waals surface area contributed by atoms with Crippen LogP contribution < -0.4 is 0 Å². The van der Waals surface area contributed by atoms with E-state index in [-0.39, 0.29) is 5.88 Å². The summed E-state index contributed by atoms with van der Waals surface area (Å²) in [6, 6.07) is 6.01. The SMILES string of the molecule is Cn1nc(-c2ccc(C(F)(F)F)cc2)cc1O. The van der Waals surface area contributed by atoms with Crippen molar-refractivity contribution >= 4 is 0 Å². The van der Waals surface area contributed by atoms with Crippen LogP contribution in [0.15, 0.2) is 30.3 Å². The van der Waals surface area contributed by atoms with Crippen molar-refractivity contribution < 1.29 is 18.3 Å². The highest BCUT2D eigenvalue weighted by Gasteiger charge is 2.30. The number of hydrogen-bond acceptors (Lipinski definition) is 2. The Hall–Kier alpha value is -1.98. The Morgan fingerprint density at radius 2 is 1.76 bits per heavy atom. The maximum Gasteiger partial charge on any atom is 0.416 e. The van der Waals surface area contributed by atoms with Gasteiger partial charge in [-0.25, -0.2) is 4.68 Å². The third-order valence-electron chi connectivity index (χ3n) is 2.36. The minimum atomic E-state index is -4.34. The molecule has 0 saturated heterocycles. The van der Waals surface area contributed by atoms with Crippen molar-refractivity contribution in [2.45, 2.75) is 6.18 Å². The van der Waals surface area contributed by atoms with Crippen LogP contribution in [0.3, 0.4) is 0 Å². The van der Waals surface area contributed by atoms with Crippen molar-refractivity contribution in [2.75, 3.05) is 0 Å². The standard InChI is InChI=1S/C11H9F3N2O/c1-16-10(17)6-9(15-16)7-2-4-8(5-3-7)11(12,13)14/h2-6,17H,1H3. The van der Waals surface area contributed by atoms with E-state index >= 15 is 0 Å². The third kappa shape index (κ3) is 2.25. The van der Waals surface area contributed by atoms with Gasteiger partial charge in [0.15, 0.2) is 0 Å². The van der Waals surface area contributed by atoms with Crippen molar-refractivity contribution in [2.24, 2.45) is 7.05 Å². The van der Waals surface area contributed by atoms with Crippen LogP contribution in [-0.2, 0) is 13.2 Å². The van der Waals surface area contributed by atoms with Crippen LogP contribution in [0.2, 0.25) is 0 Å². The molecule has 0 spiro atoms. The number of benzene rings is 1. The largest absolute Gasteiger partial charge is 0.493 e. The van der Waals surface area contributed by atoms with E-state index in [2.05, 4.69) is 5.10 Å². The minimum Gasteiger partial charge on any atom is -0.493 e. The highest BCUT2D eigenvalue weighted by molar-refractivity contribution is 5.60. The predicted molar refractivity (Wildman–Crippen MR) is 55.3 cm³/mol. The van der Waals surface area contributed by atoms with Crippen LogP contribution in [-0.4, -0.2) is 14.9 Å². The van der Waals surface area contributed by atoms with Gasteiger partial charge in [-0.05, 0) is 12.1 Å². The molecule has 0 fully saturated rings. The van der Waals surface area contributed by atoms with Crippen molar-refractivity contribution in [1.29, 1.82) is 0 Å². The van der Waals surface area contributed by atoms with E-state index in [1.54, 1.807) is 7.05 Å². The molecule has 0 amide bonds. The van der Waals surface area contributed by atoms with E-state index in [1.807, 2.05) is 0 Å². The fourth-order valence-electron chi connectivity index (χ4n) is 1.43. The predicted octanol–water partition coefficient (Wildman–Crippen LogP) is 2.81. The molecule has 90 valence electrons. The summed E-state index contributed by atoms with van der Waals surface area (Å²) in [6.07, 6.45) is -4.34. The summed E-state index contributed by atoms with van der Waals surface area (Å²) in [5.41, 5.74) is 0.244. The van der Waals surface area contributed by atoms with Gasteiger partial charge in [0.2, 0.25) is 5.88 Å². The van der Waals surface area contributed by atoms with E-state index in [0.29, 0.717) is 11.3 Å². The second-order valence-corrected chi connectivity index (χ2v) is 3.59. The number of nitrogens with zero attached hydrogens (tertiary/aromatic N) is 2. The highest BCUT2D eigenvalue weighted by atomic mass is 19.4. The van der Waals surface area contributed by atoms with Crippen LogP contribution in [0.5, 0.6) is 5.88 Å². The van der Waals surface area contributed by atoms with Crippen molar-refractivity contribution in [3.8, 4) is 17.1 Å². The summed E-state index contributed by atoms with van der Waals surface area (Å²) in [6.45, 7) is 0. The van der Waals surface area contributed by atoms with Crippen molar-refractivity contribution in [3.63, 3.8) is 0 Å². The minimum absolute atomic E-state index is 0.0418.